The molecule has 0 amide bonds. The minimum absolute atomic E-state index is 0.206. The Kier molecular flexibility index (Phi) is 5.41. The van der Waals surface area contributed by atoms with Crippen LogP contribution in [0.5, 0.6) is 0 Å². The highest BCUT2D eigenvalue weighted by Crippen LogP contribution is 2.26. The number of nitrogens with zero attached hydrogens (tertiary/aromatic N) is 1. The van der Waals surface area contributed by atoms with Crippen molar-refractivity contribution in [3.05, 3.63) is 0 Å². The predicted octanol–water partition coefficient (Wildman–Crippen LogP) is 3.30. The minimum Gasteiger partial charge on any atom is -0.591 e. The number of carbonyl (C=O) groups is 1. The van der Waals surface area contributed by atoms with Crippen LogP contribution in [-0.4, -0.2) is 20.8 Å². The highest BCUT2D eigenvalue weighted by Gasteiger charge is 2.30. The van der Waals surface area contributed by atoms with Crippen molar-refractivity contribution in [3.8, 4) is 0 Å². The number of hydrogen-bond acceptors (Lipinski definition) is 3. The largest absolute Gasteiger partial charge is 0.591 e. The van der Waals surface area contributed by atoms with Gasteiger partial charge in [-0.25, -0.2) is 0 Å². The molecule has 18 heavy (non-hydrogen) atoms. The second kappa shape index (κ2) is 6.20. The van der Waals surface area contributed by atoms with E-state index in [9.17, 15) is 9.35 Å². The van der Waals surface area contributed by atoms with Gasteiger partial charge in [-0.1, -0.05) is 18.2 Å². The second-order valence-corrected chi connectivity index (χ2v) is 8.20. The molecule has 0 aromatic heterocycles. The zero-order valence-corrected chi connectivity index (χ0v) is 13.0. The van der Waals surface area contributed by atoms with Crippen molar-refractivity contribution in [2.75, 3.05) is 0 Å². The zero-order valence-electron chi connectivity index (χ0n) is 12.2. The van der Waals surface area contributed by atoms with Gasteiger partial charge >= 0.3 is 0 Å². The fourth-order valence-corrected chi connectivity index (χ4v) is 2.25. The number of Topliss-reactive ketones (excluding diaryl/α,β-unsaturated/α-hetero) is 1. The van der Waals surface area contributed by atoms with Crippen molar-refractivity contribution in [2.45, 2.75) is 65.0 Å². The fourth-order valence-electron chi connectivity index (χ4n) is 1.49. The van der Waals surface area contributed by atoms with Gasteiger partial charge in [-0.05, 0) is 46.0 Å². The van der Waals surface area contributed by atoms with Crippen LogP contribution in [0.1, 0.15) is 60.3 Å². The van der Waals surface area contributed by atoms with Crippen molar-refractivity contribution >= 4 is 22.9 Å². The predicted molar refractivity (Wildman–Crippen MR) is 77.1 cm³/mol. The molecule has 0 N–H and O–H groups in total. The van der Waals surface area contributed by atoms with Crippen LogP contribution in [0.2, 0.25) is 0 Å². The average Bonchev–Trinajstić information content (AvgIpc) is 2.30. The van der Waals surface area contributed by atoms with Crippen LogP contribution in [0.25, 0.3) is 0 Å². The Hall–Kier alpha value is -0.350. The molecule has 2 aliphatic rings. The molecule has 0 bridgehead atoms. The van der Waals surface area contributed by atoms with Crippen LogP contribution in [0.4, 0.5) is 0 Å². The second-order valence-electron chi connectivity index (χ2n) is 6.29. The van der Waals surface area contributed by atoms with Crippen molar-refractivity contribution in [1.82, 2.24) is 0 Å². The summed E-state index contributed by atoms with van der Waals surface area (Å²) in [7, 11) is 0. The van der Waals surface area contributed by atoms with E-state index >= 15 is 0 Å². The molecule has 4 heteroatoms. The summed E-state index contributed by atoms with van der Waals surface area (Å²) in [6.07, 6.45) is 4.21. The lowest BCUT2D eigenvalue weighted by Crippen LogP contribution is -2.31. The first-order chi connectivity index (χ1) is 8.21. The Morgan fingerprint density at radius 1 is 1.17 bits per heavy atom. The van der Waals surface area contributed by atoms with E-state index in [0.29, 0.717) is 17.6 Å². The summed E-state index contributed by atoms with van der Waals surface area (Å²) < 4.78 is 15.6. The molecule has 0 heterocycles. The number of carbonyl (C=O) groups excluding carboxylic acids is 1. The number of rotatable bonds is 1. The van der Waals surface area contributed by atoms with Gasteiger partial charge in [0.15, 0.2) is 0 Å². The fraction of sp³-hybridized carbons (Fsp3) is 0.857. The van der Waals surface area contributed by atoms with Gasteiger partial charge in [0.1, 0.15) is 21.9 Å². The molecule has 2 fully saturated rings. The van der Waals surface area contributed by atoms with E-state index in [4.69, 9.17) is 0 Å². The van der Waals surface area contributed by atoms with Crippen LogP contribution in [-0.2, 0) is 16.2 Å². The van der Waals surface area contributed by atoms with Crippen LogP contribution in [0.15, 0.2) is 4.40 Å². The lowest BCUT2D eigenvalue weighted by atomic mass is 9.85. The van der Waals surface area contributed by atoms with Gasteiger partial charge in [0, 0.05) is 12.3 Å². The highest BCUT2D eigenvalue weighted by molar-refractivity contribution is 7.91. The molecule has 0 aromatic rings. The summed E-state index contributed by atoms with van der Waals surface area (Å²) in [5.74, 6) is 1.40. The minimum atomic E-state index is -1.05. The molecular formula is C14H25NO2S. The summed E-state index contributed by atoms with van der Waals surface area (Å²) in [5, 5.41) is 0. The van der Waals surface area contributed by atoms with Crippen LogP contribution in [0.3, 0.4) is 0 Å². The molecule has 0 radical (unpaired) electrons. The lowest BCUT2D eigenvalue weighted by Gasteiger charge is -2.26. The smallest absolute Gasteiger partial charge is 0.144 e. The van der Waals surface area contributed by atoms with Gasteiger partial charge in [-0.15, -0.1) is 0 Å². The summed E-state index contributed by atoms with van der Waals surface area (Å²) in [5.41, 5.74) is 1.14. The SMILES string of the molecule is CC1CCC1=N[S+]([O-])C(C)(C)C.CC1CCC1=O. The number of ketones is 1. The van der Waals surface area contributed by atoms with E-state index in [2.05, 4.69) is 11.3 Å². The molecule has 0 saturated heterocycles. The van der Waals surface area contributed by atoms with Crippen LogP contribution in [0, 0.1) is 11.8 Å². The molecule has 3 nitrogen and oxygen atoms in total. The third kappa shape index (κ3) is 4.39. The monoisotopic (exact) mass is 271 g/mol. The average molecular weight is 271 g/mol. The maximum atomic E-state index is 11.5. The van der Waals surface area contributed by atoms with E-state index in [-0.39, 0.29) is 4.75 Å². The highest BCUT2D eigenvalue weighted by atomic mass is 32.2. The molecular weight excluding hydrogens is 246 g/mol. The molecule has 0 spiro atoms. The quantitative estimate of drug-likeness (QED) is 0.687. The standard InChI is InChI=1S/C9H17NOS.C5H8O/c1-7-5-6-8(7)10-12(11)9(2,3)4;1-4-2-3-5(4)6/h7H,5-6H2,1-4H3;4H,2-3H2,1H3. The third-order valence-corrected chi connectivity index (χ3v) is 4.95. The van der Waals surface area contributed by atoms with Gasteiger partial charge in [0.05, 0.1) is 5.71 Å². The third-order valence-electron chi connectivity index (χ3n) is 3.50. The Bertz CT molecular complexity index is 333. The maximum Gasteiger partial charge on any atom is 0.144 e. The molecule has 2 rings (SSSR count). The molecule has 2 aliphatic carbocycles. The van der Waals surface area contributed by atoms with E-state index < -0.39 is 11.4 Å². The lowest BCUT2D eigenvalue weighted by molar-refractivity contribution is -0.128. The topological polar surface area (TPSA) is 52.5 Å². The van der Waals surface area contributed by atoms with E-state index in [1.54, 1.807) is 0 Å². The Morgan fingerprint density at radius 3 is 1.83 bits per heavy atom. The van der Waals surface area contributed by atoms with E-state index in [1.165, 1.54) is 6.42 Å². The normalized spacial score (nSPS) is 31.0. The molecule has 104 valence electrons. The van der Waals surface area contributed by atoms with Gasteiger partial charge in [0.25, 0.3) is 0 Å². The molecule has 0 aliphatic heterocycles. The molecule has 0 aromatic carbocycles. The molecule has 2 saturated carbocycles. The van der Waals surface area contributed by atoms with Gasteiger partial charge < -0.3 is 4.55 Å². The summed E-state index contributed by atoms with van der Waals surface area (Å²) >= 11 is -1.05. The van der Waals surface area contributed by atoms with Crippen molar-refractivity contribution in [1.29, 1.82) is 0 Å². The maximum absolute atomic E-state index is 11.5. The van der Waals surface area contributed by atoms with Gasteiger partial charge in [0.2, 0.25) is 0 Å². The van der Waals surface area contributed by atoms with Gasteiger partial charge in [-0.2, -0.15) is 0 Å². The molecule has 3 atom stereocenters. The van der Waals surface area contributed by atoms with Crippen molar-refractivity contribution < 1.29 is 9.35 Å². The first-order valence-corrected chi connectivity index (χ1v) is 7.84. The van der Waals surface area contributed by atoms with Crippen LogP contribution < -0.4 is 0 Å². The summed E-state index contributed by atoms with van der Waals surface area (Å²) in [4.78, 5) is 10.2. The summed E-state index contributed by atoms with van der Waals surface area (Å²) in [6.45, 7) is 9.98. The first kappa shape index (κ1) is 15.7. The van der Waals surface area contributed by atoms with E-state index in [1.807, 2.05) is 27.7 Å². The van der Waals surface area contributed by atoms with Crippen molar-refractivity contribution in [3.63, 3.8) is 0 Å². The first-order valence-electron chi connectivity index (χ1n) is 6.74. The number of hydrogen-bond donors (Lipinski definition) is 0. The van der Waals surface area contributed by atoms with E-state index in [0.717, 1.165) is 25.0 Å². The van der Waals surface area contributed by atoms with Crippen LogP contribution >= 0.6 is 0 Å². The molecule has 3 unspecified atom stereocenters. The van der Waals surface area contributed by atoms with Crippen molar-refractivity contribution in [2.24, 2.45) is 16.2 Å². The Morgan fingerprint density at radius 2 is 1.67 bits per heavy atom. The Balaban J connectivity index is 0.000000225. The Labute approximate surface area is 114 Å². The summed E-state index contributed by atoms with van der Waals surface area (Å²) in [6, 6.07) is 0. The van der Waals surface area contributed by atoms with Gasteiger partial charge in [-0.3, -0.25) is 4.79 Å². The zero-order chi connectivity index (χ0) is 13.9.